The van der Waals surface area contributed by atoms with Crippen molar-refractivity contribution in [2.75, 3.05) is 42.5 Å². The van der Waals surface area contributed by atoms with Crippen molar-refractivity contribution < 1.29 is 9.59 Å². The Morgan fingerprint density at radius 3 is 2.55 bits per heavy atom. The summed E-state index contributed by atoms with van der Waals surface area (Å²) in [7, 11) is 0. The first kappa shape index (κ1) is 23.4. The number of anilines is 2. The molecule has 7 heteroatoms. The van der Waals surface area contributed by atoms with Crippen molar-refractivity contribution in [3.8, 4) is 0 Å². The van der Waals surface area contributed by atoms with Gasteiger partial charge in [0.2, 0.25) is 11.8 Å². The molecule has 33 heavy (non-hydrogen) atoms. The molecule has 1 atom stereocenters. The maximum atomic E-state index is 13.8. The number of benzene rings is 2. The Kier molecular flexibility index (Phi) is 7.10. The van der Waals surface area contributed by atoms with Crippen molar-refractivity contribution in [1.29, 1.82) is 0 Å². The Morgan fingerprint density at radius 2 is 1.85 bits per heavy atom. The van der Waals surface area contributed by atoms with E-state index >= 15 is 0 Å². The third-order valence-electron chi connectivity index (χ3n) is 6.38. The second-order valence-corrected chi connectivity index (χ2v) is 9.66. The lowest BCUT2D eigenvalue weighted by Crippen LogP contribution is -2.42. The number of rotatable bonds is 8. The van der Waals surface area contributed by atoms with E-state index < -0.39 is 0 Å². The van der Waals surface area contributed by atoms with Crippen LogP contribution in [0, 0.1) is 19.8 Å². The largest absolute Gasteiger partial charge is 0.312 e. The molecule has 0 N–H and O–H groups in total. The molecule has 2 aromatic carbocycles. The number of carbonyl (C=O) groups is 2. The van der Waals surface area contributed by atoms with E-state index in [1.165, 1.54) is 5.56 Å². The summed E-state index contributed by atoms with van der Waals surface area (Å²) in [5.41, 5.74) is 4.12. The molecular weight excluding hydrogens is 432 g/mol. The van der Waals surface area contributed by atoms with Crippen molar-refractivity contribution in [1.82, 2.24) is 9.88 Å². The number of carbonyl (C=O) groups excluding carboxylic acids is 2. The molecule has 6 nitrogen and oxygen atoms in total. The Morgan fingerprint density at radius 1 is 1.12 bits per heavy atom. The van der Waals surface area contributed by atoms with Gasteiger partial charge in [0.05, 0.1) is 16.1 Å². The minimum Gasteiger partial charge on any atom is -0.312 e. The van der Waals surface area contributed by atoms with Crippen molar-refractivity contribution in [2.45, 2.75) is 34.1 Å². The lowest BCUT2D eigenvalue weighted by atomic mass is 10.1. The van der Waals surface area contributed by atoms with Gasteiger partial charge in [-0.2, -0.15) is 0 Å². The zero-order chi connectivity index (χ0) is 23.5. The second-order valence-electron chi connectivity index (χ2n) is 8.68. The van der Waals surface area contributed by atoms with Crippen LogP contribution in [0.25, 0.3) is 10.2 Å². The van der Waals surface area contributed by atoms with Crippen molar-refractivity contribution >= 4 is 44.2 Å². The van der Waals surface area contributed by atoms with Crippen molar-refractivity contribution in [3.63, 3.8) is 0 Å². The minimum atomic E-state index is -0.371. The Hall–Kier alpha value is -2.77. The summed E-state index contributed by atoms with van der Waals surface area (Å²) in [6.45, 7) is 12.0. The highest BCUT2D eigenvalue weighted by atomic mass is 32.1. The van der Waals surface area contributed by atoms with Crippen LogP contribution in [0.4, 0.5) is 10.8 Å². The number of nitrogens with zero attached hydrogens (tertiary/aromatic N) is 4. The average Bonchev–Trinajstić information content (AvgIpc) is 3.41. The fourth-order valence-electron chi connectivity index (χ4n) is 4.51. The van der Waals surface area contributed by atoms with Gasteiger partial charge in [-0.25, -0.2) is 4.98 Å². The normalized spacial score (nSPS) is 16.2. The van der Waals surface area contributed by atoms with Gasteiger partial charge in [-0.15, -0.1) is 0 Å². The zero-order valence-electron chi connectivity index (χ0n) is 19.9. The topological polar surface area (TPSA) is 56.8 Å². The molecule has 0 radical (unpaired) electrons. The van der Waals surface area contributed by atoms with Crippen LogP contribution in [0.1, 0.15) is 31.4 Å². The standard InChI is InChI=1S/C26H32N4O2S/c1-5-28(6-2)12-13-29(26-27-22-15-18(3)14-19(4)24(22)33-26)25(32)20-16-23(31)30(17-20)21-10-8-7-9-11-21/h7-11,14-15,20H,5-6,12-13,16-17H2,1-4H3. The maximum absolute atomic E-state index is 13.8. The number of fused-ring (bicyclic) bond motifs is 1. The molecule has 174 valence electrons. The number of aryl methyl sites for hydroxylation is 2. The molecule has 1 unspecified atom stereocenters. The van der Waals surface area contributed by atoms with Crippen LogP contribution in [0.15, 0.2) is 42.5 Å². The van der Waals surface area contributed by atoms with Crippen molar-refractivity contribution in [2.24, 2.45) is 5.92 Å². The van der Waals surface area contributed by atoms with E-state index in [0.717, 1.165) is 46.2 Å². The van der Waals surface area contributed by atoms with Gasteiger partial charge < -0.3 is 9.80 Å². The second kappa shape index (κ2) is 10.0. The van der Waals surface area contributed by atoms with Crippen LogP contribution in [-0.4, -0.2) is 54.4 Å². The van der Waals surface area contributed by atoms with E-state index in [2.05, 4.69) is 44.7 Å². The van der Waals surface area contributed by atoms with E-state index in [9.17, 15) is 9.59 Å². The summed E-state index contributed by atoms with van der Waals surface area (Å²) in [5.74, 6) is -0.384. The van der Waals surface area contributed by atoms with Gasteiger partial charge in [-0.05, 0) is 56.3 Å². The lowest BCUT2D eigenvalue weighted by molar-refractivity contribution is -0.124. The molecule has 0 spiro atoms. The minimum absolute atomic E-state index is 0.000915. The number of amides is 2. The molecule has 3 aromatic rings. The molecule has 1 saturated heterocycles. The molecule has 0 bridgehead atoms. The van der Waals surface area contributed by atoms with Crippen LogP contribution in [0.3, 0.4) is 0 Å². The van der Waals surface area contributed by atoms with Crippen LogP contribution in [-0.2, 0) is 9.59 Å². The summed E-state index contributed by atoms with van der Waals surface area (Å²) in [6, 6.07) is 13.8. The Balaban J connectivity index is 1.63. The first-order valence-electron chi connectivity index (χ1n) is 11.7. The third kappa shape index (κ3) is 4.94. The summed E-state index contributed by atoms with van der Waals surface area (Å²) < 4.78 is 1.12. The van der Waals surface area contributed by atoms with Gasteiger partial charge in [0.15, 0.2) is 5.13 Å². The first-order valence-corrected chi connectivity index (χ1v) is 12.5. The summed E-state index contributed by atoms with van der Waals surface area (Å²) in [5, 5.41) is 0.724. The number of hydrogen-bond acceptors (Lipinski definition) is 5. The number of aromatic nitrogens is 1. The van der Waals surface area contributed by atoms with E-state index in [4.69, 9.17) is 4.98 Å². The fraction of sp³-hybridized carbons (Fsp3) is 0.423. The fourth-order valence-corrected chi connectivity index (χ4v) is 5.56. The highest BCUT2D eigenvalue weighted by Gasteiger charge is 2.38. The van der Waals surface area contributed by atoms with E-state index in [-0.39, 0.29) is 24.2 Å². The number of thiazole rings is 1. The van der Waals surface area contributed by atoms with Crippen LogP contribution in [0.5, 0.6) is 0 Å². The van der Waals surface area contributed by atoms with E-state index in [1.54, 1.807) is 16.2 Å². The third-order valence-corrected chi connectivity index (χ3v) is 7.61. The van der Waals surface area contributed by atoms with Gasteiger partial charge in [-0.1, -0.05) is 49.4 Å². The van der Waals surface area contributed by atoms with Gasteiger partial charge >= 0.3 is 0 Å². The van der Waals surface area contributed by atoms with Gasteiger partial charge in [0.1, 0.15) is 0 Å². The molecule has 1 fully saturated rings. The van der Waals surface area contributed by atoms with Crippen LogP contribution < -0.4 is 9.80 Å². The Labute approximate surface area is 199 Å². The molecule has 1 aliphatic rings. The molecule has 1 aliphatic heterocycles. The maximum Gasteiger partial charge on any atom is 0.234 e. The first-order chi connectivity index (χ1) is 15.9. The number of likely N-dealkylation sites (N-methyl/N-ethyl adjacent to an activating group) is 1. The smallest absolute Gasteiger partial charge is 0.234 e. The molecule has 0 saturated carbocycles. The molecule has 2 heterocycles. The lowest BCUT2D eigenvalue weighted by Gasteiger charge is -2.26. The van der Waals surface area contributed by atoms with Crippen LogP contribution in [0.2, 0.25) is 0 Å². The highest BCUT2D eigenvalue weighted by molar-refractivity contribution is 7.22. The monoisotopic (exact) mass is 464 g/mol. The van der Waals surface area contributed by atoms with E-state index in [1.807, 2.05) is 35.2 Å². The van der Waals surface area contributed by atoms with Crippen molar-refractivity contribution in [3.05, 3.63) is 53.6 Å². The molecule has 4 rings (SSSR count). The van der Waals surface area contributed by atoms with Crippen LogP contribution >= 0.6 is 11.3 Å². The number of hydrogen-bond donors (Lipinski definition) is 0. The predicted octanol–water partition coefficient (Wildman–Crippen LogP) is 4.64. The summed E-state index contributed by atoms with van der Waals surface area (Å²) >= 11 is 1.57. The van der Waals surface area contributed by atoms with Gasteiger partial charge in [0, 0.05) is 31.7 Å². The highest BCUT2D eigenvalue weighted by Crippen LogP contribution is 2.34. The SMILES string of the molecule is CCN(CC)CCN(C(=O)C1CC(=O)N(c2ccccc2)C1)c1nc2cc(C)cc(C)c2s1. The molecule has 2 amide bonds. The quantitative estimate of drug-likeness (QED) is 0.487. The van der Waals surface area contributed by atoms with E-state index in [0.29, 0.717) is 13.1 Å². The van der Waals surface area contributed by atoms with Gasteiger partial charge in [0.25, 0.3) is 0 Å². The molecule has 1 aromatic heterocycles. The zero-order valence-corrected chi connectivity index (χ0v) is 20.7. The Bertz CT molecular complexity index is 1140. The average molecular weight is 465 g/mol. The number of para-hydroxylation sites is 1. The predicted molar refractivity (Wildman–Crippen MR) is 136 cm³/mol. The molecular formula is C26H32N4O2S. The molecule has 0 aliphatic carbocycles. The summed E-state index contributed by atoms with van der Waals surface area (Å²) in [4.78, 5) is 37.3. The van der Waals surface area contributed by atoms with Gasteiger partial charge in [-0.3, -0.25) is 14.5 Å². The summed E-state index contributed by atoms with van der Waals surface area (Å²) in [6.07, 6.45) is 0.235.